The molecule has 0 radical (unpaired) electrons. The summed E-state index contributed by atoms with van der Waals surface area (Å²) in [6.07, 6.45) is 0. The average Bonchev–Trinajstić information content (AvgIpc) is 2.83. The molecule has 0 unspecified atom stereocenters. The highest BCUT2D eigenvalue weighted by Crippen LogP contribution is 2.35. The number of para-hydroxylation sites is 1. The first-order valence-electron chi connectivity index (χ1n) is 5.96. The second kappa shape index (κ2) is 4.57. The van der Waals surface area contributed by atoms with E-state index in [1.54, 1.807) is 6.07 Å². The summed E-state index contributed by atoms with van der Waals surface area (Å²) in [5.74, 6) is 0. The third-order valence-corrected chi connectivity index (χ3v) is 4.15. The van der Waals surface area contributed by atoms with Crippen molar-refractivity contribution in [2.45, 2.75) is 6.92 Å². The van der Waals surface area contributed by atoms with Gasteiger partial charge in [-0.1, -0.05) is 12.1 Å². The van der Waals surface area contributed by atoms with E-state index >= 15 is 0 Å². The van der Waals surface area contributed by atoms with E-state index in [0.29, 0.717) is 5.69 Å². The molecule has 0 saturated heterocycles. The van der Waals surface area contributed by atoms with Gasteiger partial charge >= 0.3 is 0 Å². The van der Waals surface area contributed by atoms with Gasteiger partial charge in [-0.15, -0.1) is 11.3 Å². The Balaban J connectivity index is 2.16. The van der Waals surface area contributed by atoms with Crippen molar-refractivity contribution in [2.75, 3.05) is 5.73 Å². The smallest absolute Gasteiger partial charge is 0.271 e. The van der Waals surface area contributed by atoms with E-state index in [9.17, 15) is 10.1 Å². The maximum absolute atomic E-state index is 10.7. The lowest BCUT2D eigenvalue weighted by atomic mass is 10.1. The van der Waals surface area contributed by atoms with Gasteiger partial charge in [0, 0.05) is 23.4 Å². The molecule has 20 heavy (non-hydrogen) atoms. The van der Waals surface area contributed by atoms with E-state index in [1.807, 2.05) is 25.1 Å². The summed E-state index contributed by atoms with van der Waals surface area (Å²) in [4.78, 5) is 14.9. The summed E-state index contributed by atoms with van der Waals surface area (Å²) in [6, 6.07) is 10.5. The van der Waals surface area contributed by atoms with Crippen molar-refractivity contribution >= 4 is 32.9 Å². The van der Waals surface area contributed by atoms with Gasteiger partial charge in [0.25, 0.3) is 5.69 Å². The molecule has 0 aliphatic carbocycles. The van der Waals surface area contributed by atoms with Crippen LogP contribution in [0.1, 0.15) is 5.56 Å². The first-order valence-corrected chi connectivity index (χ1v) is 6.78. The molecular formula is C14H11N3O2S. The fourth-order valence-electron chi connectivity index (χ4n) is 2.06. The minimum absolute atomic E-state index is 0.0106. The molecular weight excluding hydrogens is 274 g/mol. The van der Waals surface area contributed by atoms with Crippen LogP contribution in [-0.2, 0) is 0 Å². The van der Waals surface area contributed by atoms with Gasteiger partial charge in [0.05, 0.1) is 15.1 Å². The quantitative estimate of drug-likeness (QED) is 0.441. The summed E-state index contributed by atoms with van der Waals surface area (Å²) in [5.41, 5.74) is 9.06. The van der Waals surface area contributed by atoms with E-state index in [4.69, 9.17) is 5.73 Å². The number of nitro groups is 1. The fourth-order valence-corrected chi connectivity index (χ4v) is 3.15. The number of hydrogen-bond donors (Lipinski definition) is 1. The number of nitrogens with zero attached hydrogens (tertiary/aromatic N) is 2. The lowest BCUT2D eigenvalue weighted by Crippen LogP contribution is -1.93. The molecule has 0 aliphatic rings. The Labute approximate surface area is 118 Å². The third kappa shape index (κ3) is 2.00. The first kappa shape index (κ1) is 12.6. The largest absolute Gasteiger partial charge is 0.398 e. The van der Waals surface area contributed by atoms with Gasteiger partial charge in [-0.2, -0.15) is 0 Å². The summed E-state index contributed by atoms with van der Waals surface area (Å²) >= 11 is 1.53. The number of nitro benzene ring substituents is 1. The van der Waals surface area contributed by atoms with Crippen LogP contribution in [0.4, 0.5) is 11.4 Å². The normalized spacial score (nSPS) is 10.8. The predicted octanol–water partition coefficient (Wildman–Crippen LogP) is 3.76. The Kier molecular flexibility index (Phi) is 2.87. The van der Waals surface area contributed by atoms with Crippen LogP contribution in [0.3, 0.4) is 0 Å². The SMILES string of the molecule is Cc1cccc2sc(-c3ccc([N+](=O)[O-])cc3N)nc12. The number of aryl methyl sites for hydroxylation is 1. The number of non-ortho nitro benzene ring substituents is 1. The zero-order valence-electron chi connectivity index (χ0n) is 10.7. The van der Waals surface area contributed by atoms with E-state index in [-0.39, 0.29) is 5.69 Å². The van der Waals surface area contributed by atoms with Gasteiger partial charge in [-0.25, -0.2) is 4.98 Å². The fraction of sp³-hybridized carbons (Fsp3) is 0.0714. The Bertz CT molecular complexity index is 826. The molecule has 100 valence electrons. The number of fused-ring (bicyclic) bond motifs is 1. The maximum atomic E-state index is 10.7. The molecule has 0 saturated carbocycles. The molecule has 0 fully saturated rings. The Morgan fingerprint density at radius 3 is 2.75 bits per heavy atom. The topological polar surface area (TPSA) is 82.0 Å². The molecule has 0 spiro atoms. The number of benzene rings is 2. The molecule has 6 heteroatoms. The average molecular weight is 285 g/mol. The van der Waals surface area contributed by atoms with Crippen molar-refractivity contribution in [3.63, 3.8) is 0 Å². The molecule has 2 N–H and O–H groups in total. The monoisotopic (exact) mass is 285 g/mol. The molecule has 0 bridgehead atoms. The molecule has 0 atom stereocenters. The van der Waals surface area contributed by atoms with Crippen molar-refractivity contribution in [3.05, 3.63) is 52.1 Å². The number of nitrogens with two attached hydrogens (primary N) is 1. The van der Waals surface area contributed by atoms with Crippen molar-refractivity contribution in [1.29, 1.82) is 0 Å². The van der Waals surface area contributed by atoms with Crippen molar-refractivity contribution in [1.82, 2.24) is 4.98 Å². The van der Waals surface area contributed by atoms with Crippen LogP contribution in [0.2, 0.25) is 0 Å². The van der Waals surface area contributed by atoms with Gasteiger partial charge in [0.1, 0.15) is 5.01 Å². The molecule has 1 aromatic heterocycles. The van der Waals surface area contributed by atoms with Crippen molar-refractivity contribution < 1.29 is 4.92 Å². The lowest BCUT2D eigenvalue weighted by molar-refractivity contribution is -0.384. The maximum Gasteiger partial charge on any atom is 0.271 e. The number of aromatic nitrogens is 1. The standard InChI is InChI=1S/C14H11N3O2S/c1-8-3-2-4-12-13(8)16-14(20-12)10-6-5-9(17(18)19)7-11(10)15/h2-7H,15H2,1H3. The van der Waals surface area contributed by atoms with Crippen LogP contribution < -0.4 is 5.73 Å². The summed E-state index contributed by atoms with van der Waals surface area (Å²) in [6.45, 7) is 2.00. The van der Waals surface area contributed by atoms with Crippen LogP contribution in [0.25, 0.3) is 20.8 Å². The van der Waals surface area contributed by atoms with Gasteiger partial charge in [0.2, 0.25) is 0 Å². The molecule has 1 heterocycles. The second-order valence-electron chi connectivity index (χ2n) is 4.47. The number of hydrogen-bond acceptors (Lipinski definition) is 5. The van der Waals surface area contributed by atoms with Crippen LogP contribution in [-0.4, -0.2) is 9.91 Å². The molecule has 0 aliphatic heterocycles. The van der Waals surface area contributed by atoms with E-state index in [1.165, 1.54) is 23.5 Å². The van der Waals surface area contributed by atoms with Gasteiger partial charge in [0.15, 0.2) is 0 Å². The summed E-state index contributed by atoms with van der Waals surface area (Å²) in [7, 11) is 0. The van der Waals surface area contributed by atoms with Crippen molar-refractivity contribution in [2.24, 2.45) is 0 Å². The molecule has 2 aromatic carbocycles. The minimum Gasteiger partial charge on any atom is -0.398 e. The predicted molar refractivity (Wildman–Crippen MR) is 80.9 cm³/mol. The van der Waals surface area contributed by atoms with Crippen LogP contribution >= 0.6 is 11.3 Å². The van der Waals surface area contributed by atoms with Gasteiger partial charge < -0.3 is 5.73 Å². The van der Waals surface area contributed by atoms with Gasteiger partial charge in [-0.05, 0) is 24.6 Å². The van der Waals surface area contributed by atoms with Crippen molar-refractivity contribution in [3.8, 4) is 10.6 Å². The van der Waals surface area contributed by atoms with E-state index in [0.717, 1.165) is 26.4 Å². The Morgan fingerprint density at radius 2 is 2.10 bits per heavy atom. The highest BCUT2D eigenvalue weighted by molar-refractivity contribution is 7.21. The molecule has 3 aromatic rings. The van der Waals surface area contributed by atoms with Crippen LogP contribution in [0.15, 0.2) is 36.4 Å². The second-order valence-corrected chi connectivity index (χ2v) is 5.50. The third-order valence-electron chi connectivity index (χ3n) is 3.10. The zero-order chi connectivity index (χ0) is 14.3. The van der Waals surface area contributed by atoms with Crippen LogP contribution in [0, 0.1) is 17.0 Å². The molecule has 5 nitrogen and oxygen atoms in total. The highest BCUT2D eigenvalue weighted by atomic mass is 32.1. The number of anilines is 1. The lowest BCUT2D eigenvalue weighted by Gasteiger charge is -2.01. The van der Waals surface area contributed by atoms with Crippen LogP contribution in [0.5, 0.6) is 0 Å². The van der Waals surface area contributed by atoms with Gasteiger partial charge in [-0.3, -0.25) is 10.1 Å². The molecule has 3 rings (SSSR count). The number of rotatable bonds is 2. The summed E-state index contributed by atoms with van der Waals surface area (Å²) in [5, 5.41) is 11.5. The Morgan fingerprint density at radius 1 is 1.30 bits per heavy atom. The number of nitrogen functional groups attached to an aromatic ring is 1. The Hall–Kier alpha value is -2.47. The first-order chi connectivity index (χ1) is 9.56. The highest BCUT2D eigenvalue weighted by Gasteiger charge is 2.13. The van der Waals surface area contributed by atoms with E-state index < -0.39 is 4.92 Å². The summed E-state index contributed by atoms with van der Waals surface area (Å²) < 4.78 is 1.08. The zero-order valence-corrected chi connectivity index (χ0v) is 11.5. The van der Waals surface area contributed by atoms with E-state index in [2.05, 4.69) is 4.98 Å². The number of thiazole rings is 1. The minimum atomic E-state index is -0.456. The molecule has 0 amide bonds.